The molecule has 0 aromatic carbocycles. The highest BCUT2D eigenvalue weighted by Gasteiger charge is 2.20. The summed E-state index contributed by atoms with van der Waals surface area (Å²) in [6.45, 7) is 4.41. The monoisotopic (exact) mass is 394 g/mol. The standard InChI is InChI=1S/C15H19BrN6S/c1-17-14(20-11-12-3-4-13(16)23-12)21-7-9-22(10-8-21)15-18-5-2-6-19-15/h2-6H,7-11H2,1H3,(H,17,20). The number of aliphatic imine (C=N–C) groups is 1. The fourth-order valence-electron chi connectivity index (χ4n) is 2.52. The number of halogens is 1. The Morgan fingerprint density at radius 2 is 2.00 bits per heavy atom. The molecule has 0 aliphatic carbocycles. The predicted octanol–water partition coefficient (Wildman–Crippen LogP) is 2.20. The first-order valence-electron chi connectivity index (χ1n) is 7.48. The van der Waals surface area contributed by atoms with E-state index in [1.807, 2.05) is 13.1 Å². The topological polar surface area (TPSA) is 56.7 Å². The summed E-state index contributed by atoms with van der Waals surface area (Å²) in [5, 5.41) is 3.44. The summed E-state index contributed by atoms with van der Waals surface area (Å²) in [4.78, 5) is 18.8. The number of nitrogens with one attached hydrogen (secondary N) is 1. The van der Waals surface area contributed by atoms with Crippen molar-refractivity contribution < 1.29 is 0 Å². The molecule has 3 rings (SSSR count). The van der Waals surface area contributed by atoms with Crippen LogP contribution in [0.5, 0.6) is 0 Å². The van der Waals surface area contributed by atoms with Crippen LogP contribution in [0.4, 0.5) is 5.95 Å². The lowest BCUT2D eigenvalue weighted by Crippen LogP contribution is -2.52. The van der Waals surface area contributed by atoms with Gasteiger partial charge in [0.15, 0.2) is 5.96 Å². The van der Waals surface area contributed by atoms with E-state index in [0.717, 1.165) is 48.4 Å². The van der Waals surface area contributed by atoms with Crippen LogP contribution in [0.25, 0.3) is 0 Å². The number of thiophene rings is 1. The first kappa shape index (κ1) is 16.2. The van der Waals surface area contributed by atoms with Gasteiger partial charge in [0, 0.05) is 50.5 Å². The van der Waals surface area contributed by atoms with E-state index in [-0.39, 0.29) is 0 Å². The number of anilines is 1. The minimum absolute atomic E-state index is 0.797. The molecule has 0 saturated carbocycles. The van der Waals surface area contributed by atoms with Gasteiger partial charge in [-0.05, 0) is 34.1 Å². The fraction of sp³-hybridized carbons (Fsp3) is 0.400. The maximum absolute atomic E-state index is 4.41. The van der Waals surface area contributed by atoms with Gasteiger partial charge in [0.1, 0.15) is 0 Å². The molecule has 2 aromatic rings. The van der Waals surface area contributed by atoms with Gasteiger partial charge in [0.05, 0.1) is 10.3 Å². The third-order valence-corrected chi connectivity index (χ3v) is 5.30. The lowest BCUT2D eigenvalue weighted by atomic mass is 10.3. The highest BCUT2D eigenvalue weighted by atomic mass is 79.9. The van der Waals surface area contributed by atoms with E-state index in [4.69, 9.17) is 0 Å². The highest BCUT2D eigenvalue weighted by molar-refractivity contribution is 9.11. The zero-order valence-corrected chi connectivity index (χ0v) is 15.3. The van der Waals surface area contributed by atoms with Gasteiger partial charge in [-0.3, -0.25) is 4.99 Å². The minimum atomic E-state index is 0.797. The van der Waals surface area contributed by atoms with Crippen molar-refractivity contribution in [2.45, 2.75) is 6.54 Å². The molecule has 1 aliphatic heterocycles. The van der Waals surface area contributed by atoms with Crippen molar-refractivity contribution in [1.82, 2.24) is 20.2 Å². The van der Waals surface area contributed by atoms with Gasteiger partial charge in [-0.25, -0.2) is 9.97 Å². The molecule has 0 amide bonds. The number of rotatable bonds is 3. The molecule has 23 heavy (non-hydrogen) atoms. The average Bonchev–Trinajstić information content (AvgIpc) is 3.02. The van der Waals surface area contributed by atoms with Crippen LogP contribution in [-0.2, 0) is 6.54 Å². The zero-order chi connectivity index (χ0) is 16.1. The Kier molecular flexibility index (Phi) is 5.45. The van der Waals surface area contributed by atoms with Crippen molar-refractivity contribution in [3.8, 4) is 0 Å². The predicted molar refractivity (Wildman–Crippen MR) is 98.0 cm³/mol. The van der Waals surface area contributed by atoms with Crippen molar-refractivity contribution in [3.05, 3.63) is 39.3 Å². The van der Waals surface area contributed by atoms with Crippen LogP contribution in [0.1, 0.15) is 4.88 Å². The Hall–Kier alpha value is -1.67. The van der Waals surface area contributed by atoms with Gasteiger partial charge >= 0.3 is 0 Å². The van der Waals surface area contributed by atoms with E-state index < -0.39 is 0 Å². The summed E-state index contributed by atoms with van der Waals surface area (Å²) in [6, 6.07) is 6.04. The van der Waals surface area contributed by atoms with Crippen LogP contribution >= 0.6 is 27.3 Å². The van der Waals surface area contributed by atoms with Crippen LogP contribution in [0.2, 0.25) is 0 Å². The fourth-order valence-corrected chi connectivity index (χ4v) is 3.94. The molecular weight excluding hydrogens is 376 g/mol. The summed E-state index contributed by atoms with van der Waals surface area (Å²) < 4.78 is 1.15. The molecule has 2 aromatic heterocycles. The molecule has 0 unspecified atom stereocenters. The number of guanidine groups is 1. The van der Waals surface area contributed by atoms with E-state index in [0.29, 0.717) is 0 Å². The summed E-state index contributed by atoms with van der Waals surface area (Å²) in [7, 11) is 1.83. The Morgan fingerprint density at radius 3 is 2.61 bits per heavy atom. The SMILES string of the molecule is CN=C(NCc1ccc(Br)s1)N1CCN(c2ncccn2)CC1. The molecule has 1 N–H and O–H groups in total. The smallest absolute Gasteiger partial charge is 0.225 e. The Bertz CT molecular complexity index is 651. The molecule has 8 heteroatoms. The molecule has 0 bridgehead atoms. The van der Waals surface area contributed by atoms with Gasteiger partial charge in [-0.1, -0.05) is 0 Å². The lowest BCUT2D eigenvalue weighted by Gasteiger charge is -2.36. The third kappa shape index (κ3) is 4.20. The number of hydrogen-bond acceptors (Lipinski definition) is 5. The van der Waals surface area contributed by atoms with Crippen molar-refractivity contribution in [2.24, 2.45) is 4.99 Å². The zero-order valence-electron chi connectivity index (χ0n) is 12.9. The van der Waals surface area contributed by atoms with Gasteiger partial charge in [0.2, 0.25) is 5.95 Å². The summed E-state index contributed by atoms with van der Waals surface area (Å²) in [6.07, 6.45) is 3.57. The second-order valence-electron chi connectivity index (χ2n) is 5.13. The first-order valence-corrected chi connectivity index (χ1v) is 9.09. The van der Waals surface area contributed by atoms with Gasteiger partial charge in [-0.2, -0.15) is 0 Å². The minimum Gasteiger partial charge on any atom is -0.351 e. The van der Waals surface area contributed by atoms with E-state index >= 15 is 0 Å². The van der Waals surface area contributed by atoms with Crippen molar-refractivity contribution in [2.75, 3.05) is 38.1 Å². The van der Waals surface area contributed by atoms with Crippen LogP contribution in [0.15, 0.2) is 39.4 Å². The molecule has 1 fully saturated rings. The van der Waals surface area contributed by atoms with Crippen LogP contribution in [0.3, 0.4) is 0 Å². The van der Waals surface area contributed by atoms with Gasteiger partial charge in [-0.15, -0.1) is 11.3 Å². The Labute approximate surface area is 148 Å². The summed E-state index contributed by atoms with van der Waals surface area (Å²) >= 11 is 5.23. The molecule has 3 heterocycles. The maximum atomic E-state index is 4.41. The second kappa shape index (κ2) is 7.74. The third-order valence-electron chi connectivity index (χ3n) is 3.68. The van der Waals surface area contributed by atoms with E-state index in [2.05, 4.69) is 58.1 Å². The molecule has 1 aliphatic rings. The Morgan fingerprint density at radius 1 is 1.26 bits per heavy atom. The van der Waals surface area contributed by atoms with E-state index in [1.165, 1.54) is 4.88 Å². The number of nitrogens with zero attached hydrogens (tertiary/aromatic N) is 5. The van der Waals surface area contributed by atoms with Crippen molar-refractivity contribution >= 4 is 39.2 Å². The average molecular weight is 395 g/mol. The molecule has 0 atom stereocenters. The molecule has 122 valence electrons. The van der Waals surface area contributed by atoms with Gasteiger partial charge in [0.25, 0.3) is 0 Å². The molecule has 6 nitrogen and oxygen atoms in total. The summed E-state index contributed by atoms with van der Waals surface area (Å²) in [5.74, 6) is 1.75. The number of piperazine rings is 1. The second-order valence-corrected chi connectivity index (χ2v) is 7.68. The van der Waals surface area contributed by atoms with E-state index in [9.17, 15) is 0 Å². The maximum Gasteiger partial charge on any atom is 0.225 e. The quantitative estimate of drug-likeness (QED) is 0.638. The number of aromatic nitrogens is 2. The molecule has 0 radical (unpaired) electrons. The number of hydrogen-bond donors (Lipinski definition) is 1. The van der Waals surface area contributed by atoms with Crippen LogP contribution in [0, 0.1) is 0 Å². The normalized spacial score (nSPS) is 15.8. The van der Waals surface area contributed by atoms with Crippen molar-refractivity contribution in [3.63, 3.8) is 0 Å². The molecular formula is C15H19BrN6S. The summed E-state index contributed by atoms with van der Waals surface area (Å²) in [5.41, 5.74) is 0. The first-order chi connectivity index (χ1) is 11.3. The Balaban J connectivity index is 1.53. The van der Waals surface area contributed by atoms with Gasteiger partial charge < -0.3 is 15.1 Å². The molecule has 0 spiro atoms. The molecule has 1 saturated heterocycles. The highest BCUT2D eigenvalue weighted by Crippen LogP contribution is 2.21. The van der Waals surface area contributed by atoms with E-state index in [1.54, 1.807) is 23.7 Å². The van der Waals surface area contributed by atoms with Crippen LogP contribution in [-0.4, -0.2) is 54.1 Å². The van der Waals surface area contributed by atoms with Crippen LogP contribution < -0.4 is 10.2 Å². The lowest BCUT2D eigenvalue weighted by molar-refractivity contribution is 0.370. The largest absolute Gasteiger partial charge is 0.351 e. The van der Waals surface area contributed by atoms with Crippen molar-refractivity contribution in [1.29, 1.82) is 0 Å².